The van der Waals surface area contributed by atoms with E-state index in [0.717, 1.165) is 25.0 Å². The van der Waals surface area contributed by atoms with Gasteiger partial charge < -0.3 is 24.5 Å². The fourth-order valence-electron chi connectivity index (χ4n) is 5.39. The number of carbonyl (C=O) groups is 2. The smallest absolute Gasteiger partial charge is 0.317 e. The first-order valence-electron chi connectivity index (χ1n) is 11.2. The number of furan rings is 1. The predicted octanol–water partition coefficient (Wildman–Crippen LogP) is 3.16. The van der Waals surface area contributed by atoms with E-state index >= 15 is 0 Å². The highest BCUT2D eigenvalue weighted by atomic mass is 16.3. The van der Waals surface area contributed by atoms with Crippen LogP contribution >= 0.6 is 0 Å². The maximum atomic E-state index is 13.0. The molecule has 2 aromatic heterocycles. The molecular formula is C23H28N4O4. The molecule has 0 spiro atoms. The average molecular weight is 425 g/mol. The molecule has 2 aliphatic heterocycles. The summed E-state index contributed by atoms with van der Waals surface area (Å²) < 4.78 is 6.97. The van der Waals surface area contributed by atoms with Gasteiger partial charge in [-0.15, -0.1) is 0 Å². The van der Waals surface area contributed by atoms with Crippen LogP contribution in [-0.2, 0) is 6.54 Å². The Hall–Kier alpha value is -3.03. The van der Waals surface area contributed by atoms with Crippen LogP contribution in [0.1, 0.15) is 60.7 Å². The molecule has 164 valence electrons. The first-order valence-corrected chi connectivity index (χ1v) is 11.2. The van der Waals surface area contributed by atoms with Crippen molar-refractivity contribution in [2.45, 2.75) is 57.0 Å². The van der Waals surface area contributed by atoms with Crippen molar-refractivity contribution in [3.8, 4) is 0 Å². The molecule has 0 aromatic carbocycles. The van der Waals surface area contributed by atoms with Gasteiger partial charge >= 0.3 is 6.03 Å². The summed E-state index contributed by atoms with van der Waals surface area (Å²) in [7, 11) is 0. The maximum absolute atomic E-state index is 13.0. The first-order chi connectivity index (χ1) is 15.1. The van der Waals surface area contributed by atoms with Crippen LogP contribution in [0, 0.1) is 5.92 Å². The van der Waals surface area contributed by atoms with Crippen LogP contribution in [0.2, 0.25) is 0 Å². The van der Waals surface area contributed by atoms with Gasteiger partial charge in [0.25, 0.3) is 11.5 Å². The summed E-state index contributed by atoms with van der Waals surface area (Å²) in [5.74, 6) is 0.106. The quantitative estimate of drug-likeness (QED) is 0.791. The Morgan fingerprint density at radius 2 is 1.87 bits per heavy atom. The fraction of sp³-hybridized carbons (Fsp3) is 0.522. The Labute approximate surface area is 180 Å². The lowest BCUT2D eigenvalue weighted by Crippen LogP contribution is -2.53. The van der Waals surface area contributed by atoms with Crippen molar-refractivity contribution in [1.29, 1.82) is 0 Å². The molecule has 3 aliphatic rings. The number of fused-ring (bicyclic) bond motifs is 4. The molecule has 1 saturated heterocycles. The SMILES string of the molecule is O=C(Nc1ccc(=O)n2c1C1CC(CN(C(=O)NC3CCCCC3)C1)C2)c1ccco1. The van der Waals surface area contributed by atoms with E-state index in [1.54, 1.807) is 22.8 Å². The van der Waals surface area contributed by atoms with Gasteiger partial charge in [0.1, 0.15) is 0 Å². The minimum Gasteiger partial charge on any atom is -0.459 e. The Morgan fingerprint density at radius 1 is 1.03 bits per heavy atom. The van der Waals surface area contributed by atoms with E-state index in [2.05, 4.69) is 10.6 Å². The Bertz CT molecular complexity index is 1020. The standard InChI is InChI=1S/C23H28N4O4/c28-20-9-8-18(25-22(29)19-7-4-10-31-19)21-16-11-15(13-27(20)21)12-26(14-16)23(30)24-17-5-2-1-3-6-17/h4,7-10,15-17H,1-3,5-6,11-14H2,(H,24,30)(H,25,29). The van der Waals surface area contributed by atoms with E-state index < -0.39 is 0 Å². The Kier molecular flexibility index (Phi) is 5.29. The van der Waals surface area contributed by atoms with Gasteiger partial charge in [-0.25, -0.2) is 4.79 Å². The molecule has 31 heavy (non-hydrogen) atoms. The molecule has 0 radical (unpaired) electrons. The topological polar surface area (TPSA) is 96.6 Å². The van der Waals surface area contributed by atoms with Crippen LogP contribution in [0.5, 0.6) is 0 Å². The number of nitrogens with one attached hydrogen (secondary N) is 2. The molecule has 2 unspecified atom stereocenters. The van der Waals surface area contributed by atoms with Crippen molar-refractivity contribution in [3.63, 3.8) is 0 Å². The first kappa shape index (κ1) is 19.9. The number of likely N-dealkylation sites (tertiary alicyclic amines) is 1. The summed E-state index contributed by atoms with van der Waals surface area (Å²) in [6.07, 6.45) is 8.05. The van der Waals surface area contributed by atoms with E-state index in [1.165, 1.54) is 31.6 Å². The third kappa shape index (κ3) is 3.98. The van der Waals surface area contributed by atoms with Gasteiger partial charge in [-0.1, -0.05) is 19.3 Å². The summed E-state index contributed by atoms with van der Waals surface area (Å²) in [5, 5.41) is 6.12. The Balaban J connectivity index is 1.37. The summed E-state index contributed by atoms with van der Waals surface area (Å²) in [6, 6.07) is 6.68. The fourth-order valence-corrected chi connectivity index (χ4v) is 5.39. The summed E-state index contributed by atoms with van der Waals surface area (Å²) in [6.45, 7) is 1.76. The van der Waals surface area contributed by atoms with Gasteiger partial charge in [0.05, 0.1) is 12.0 Å². The van der Waals surface area contributed by atoms with E-state index in [4.69, 9.17) is 4.42 Å². The highest BCUT2D eigenvalue weighted by Crippen LogP contribution is 2.38. The molecule has 2 N–H and O–H groups in total. The van der Waals surface area contributed by atoms with Gasteiger partial charge in [-0.05, 0) is 43.4 Å². The van der Waals surface area contributed by atoms with Gasteiger partial charge in [0, 0.05) is 43.4 Å². The third-order valence-corrected chi connectivity index (χ3v) is 6.80. The van der Waals surface area contributed by atoms with Crippen LogP contribution in [0.25, 0.3) is 0 Å². The number of nitrogens with zero attached hydrogens (tertiary/aromatic N) is 2. The highest BCUT2D eigenvalue weighted by Gasteiger charge is 2.38. The zero-order valence-corrected chi connectivity index (χ0v) is 17.5. The molecule has 2 aromatic rings. The normalized spacial score (nSPS) is 23.2. The van der Waals surface area contributed by atoms with Crippen LogP contribution in [0.15, 0.2) is 39.7 Å². The number of hydrogen-bond donors (Lipinski definition) is 2. The Morgan fingerprint density at radius 3 is 2.65 bits per heavy atom. The number of anilines is 1. The van der Waals surface area contributed by atoms with Crippen molar-refractivity contribution in [2.24, 2.45) is 5.92 Å². The lowest BCUT2D eigenvalue weighted by molar-refractivity contribution is 0.0995. The molecule has 8 heteroatoms. The van der Waals surface area contributed by atoms with E-state index in [1.807, 2.05) is 4.90 Å². The maximum Gasteiger partial charge on any atom is 0.317 e. The second-order valence-corrected chi connectivity index (χ2v) is 9.00. The van der Waals surface area contributed by atoms with Crippen molar-refractivity contribution in [3.05, 3.63) is 52.3 Å². The molecule has 1 saturated carbocycles. The van der Waals surface area contributed by atoms with E-state index in [0.29, 0.717) is 25.3 Å². The molecule has 2 atom stereocenters. The largest absolute Gasteiger partial charge is 0.459 e. The van der Waals surface area contributed by atoms with Crippen LogP contribution < -0.4 is 16.2 Å². The zero-order valence-electron chi connectivity index (χ0n) is 17.5. The molecule has 5 rings (SSSR count). The lowest BCUT2D eigenvalue weighted by atomic mass is 9.82. The van der Waals surface area contributed by atoms with E-state index in [-0.39, 0.29) is 41.1 Å². The van der Waals surface area contributed by atoms with Crippen LogP contribution in [0.4, 0.5) is 10.5 Å². The van der Waals surface area contributed by atoms with Crippen molar-refractivity contribution >= 4 is 17.6 Å². The number of pyridine rings is 1. The molecule has 2 bridgehead atoms. The monoisotopic (exact) mass is 424 g/mol. The van der Waals surface area contributed by atoms with Crippen molar-refractivity contribution in [2.75, 3.05) is 18.4 Å². The predicted molar refractivity (Wildman–Crippen MR) is 115 cm³/mol. The number of piperidine rings is 1. The van der Waals surface area contributed by atoms with Gasteiger partial charge in [-0.2, -0.15) is 0 Å². The molecule has 4 heterocycles. The van der Waals surface area contributed by atoms with Crippen molar-refractivity contribution in [1.82, 2.24) is 14.8 Å². The summed E-state index contributed by atoms with van der Waals surface area (Å²) >= 11 is 0. The second-order valence-electron chi connectivity index (χ2n) is 9.00. The second kappa shape index (κ2) is 8.24. The minimum atomic E-state index is -0.351. The molecule has 2 fully saturated rings. The molecular weight excluding hydrogens is 396 g/mol. The number of aromatic nitrogens is 1. The molecule has 3 amide bonds. The van der Waals surface area contributed by atoms with Crippen LogP contribution in [0.3, 0.4) is 0 Å². The number of urea groups is 1. The van der Waals surface area contributed by atoms with Gasteiger partial charge in [0.2, 0.25) is 0 Å². The van der Waals surface area contributed by atoms with Gasteiger partial charge in [0.15, 0.2) is 5.76 Å². The third-order valence-electron chi connectivity index (χ3n) is 6.80. The average Bonchev–Trinajstić information content (AvgIpc) is 3.31. The van der Waals surface area contributed by atoms with E-state index in [9.17, 15) is 14.4 Å². The highest BCUT2D eigenvalue weighted by molar-refractivity contribution is 6.02. The lowest BCUT2D eigenvalue weighted by Gasteiger charge is -2.43. The molecule has 8 nitrogen and oxygen atoms in total. The molecule has 1 aliphatic carbocycles. The summed E-state index contributed by atoms with van der Waals surface area (Å²) in [5.41, 5.74) is 1.35. The number of rotatable bonds is 3. The number of hydrogen-bond acceptors (Lipinski definition) is 4. The van der Waals surface area contributed by atoms with Crippen molar-refractivity contribution < 1.29 is 14.0 Å². The summed E-state index contributed by atoms with van der Waals surface area (Å²) in [4.78, 5) is 40.0. The van der Waals surface area contributed by atoms with Gasteiger partial charge in [-0.3, -0.25) is 9.59 Å². The number of carbonyl (C=O) groups excluding carboxylic acids is 2. The minimum absolute atomic E-state index is 0.00501. The van der Waals surface area contributed by atoms with Crippen LogP contribution in [-0.4, -0.2) is 40.5 Å². The zero-order chi connectivity index (χ0) is 21.4. The number of amides is 3.